The first kappa shape index (κ1) is 41.8. The Hall–Kier alpha value is -7.94. The molecule has 1 atom stereocenters. The highest BCUT2D eigenvalue weighted by Crippen LogP contribution is 2.59. The third-order valence-corrected chi connectivity index (χ3v) is 17.8. The van der Waals surface area contributed by atoms with Crippen molar-refractivity contribution in [2.45, 2.75) is 76.5 Å². The minimum absolute atomic E-state index is 0.145. The maximum absolute atomic E-state index is 6.89. The number of aryl methyl sites for hydroxylation is 1. The van der Waals surface area contributed by atoms with Crippen LogP contribution in [0.25, 0.3) is 99.2 Å². The van der Waals surface area contributed by atoms with Gasteiger partial charge in [0.1, 0.15) is 22.3 Å². The SMILES string of the molecule is CC1(C)c2cc(C(CCc3ccc4c(c3)C(C)(C)c3cc(-c5cccc6ccccc56)c5oc6ccccc6c5c3-4)c3ccccc3)ccc2-c2cc3c(cc21)-c1c(ccc2oc4ccccc4c12)C3(C)C. The molecule has 0 saturated heterocycles. The molecule has 346 valence electrons. The van der Waals surface area contributed by atoms with Crippen molar-refractivity contribution in [3.63, 3.8) is 0 Å². The van der Waals surface area contributed by atoms with Crippen molar-refractivity contribution in [2.75, 3.05) is 0 Å². The summed E-state index contributed by atoms with van der Waals surface area (Å²) in [5.74, 6) is 0.230. The first-order valence-corrected chi connectivity index (χ1v) is 25.9. The van der Waals surface area contributed by atoms with Gasteiger partial charge in [0.15, 0.2) is 0 Å². The van der Waals surface area contributed by atoms with E-state index in [2.05, 4.69) is 230 Å². The maximum Gasteiger partial charge on any atom is 0.143 e. The molecule has 2 aromatic heterocycles. The van der Waals surface area contributed by atoms with E-state index in [4.69, 9.17) is 8.83 Å². The lowest BCUT2D eigenvalue weighted by atomic mass is 9.78. The van der Waals surface area contributed by atoms with Crippen molar-refractivity contribution < 1.29 is 8.83 Å². The van der Waals surface area contributed by atoms with Crippen LogP contribution >= 0.6 is 0 Å². The summed E-state index contributed by atoms with van der Waals surface area (Å²) in [6.45, 7) is 14.5. The summed E-state index contributed by atoms with van der Waals surface area (Å²) in [4.78, 5) is 0. The quantitative estimate of drug-likeness (QED) is 0.166. The monoisotopic (exact) mass is 926 g/mol. The zero-order valence-corrected chi connectivity index (χ0v) is 41.7. The number of benzene rings is 10. The Kier molecular flexibility index (Phi) is 8.47. The molecular weight excluding hydrogens is 873 g/mol. The smallest absolute Gasteiger partial charge is 0.143 e. The second-order valence-corrected chi connectivity index (χ2v) is 22.6. The number of hydrogen-bond donors (Lipinski definition) is 0. The van der Waals surface area contributed by atoms with E-state index >= 15 is 0 Å². The Bertz CT molecular complexity index is 4300. The van der Waals surface area contributed by atoms with Gasteiger partial charge in [-0.25, -0.2) is 0 Å². The van der Waals surface area contributed by atoms with Crippen molar-refractivity contribution in [1.29, 1.82) is 0 Å². The molecule has 0 saturated carbocycles. The van der Waals surface area contributed by atoms with Crippen LogP contribution in [0, 0.1) is 0 Å². The molecule has 2 heteroatoms. The van der Waals surface area contributed by atoms with Crippen LogP contribution in [0.4, 0.5) is 0 Å². The minimum atomic E-state index is -0.220. The van der Waals surface area contributed by atoms with E-state index in [1.54, 1.807) is 0 Å². The summed E-state index contributed by atoms with van der Waals surface area (Å²) < 4.78 is 13.3. The van der Waals surface area contributed by atoms with Crippen LogP contribution in [-0.4, -0.2) is 0 Å². The molecule has 0 N–H and O–H groups in total. The fraction of sp³-hybridized carbons (Fsp3) is 0.171. The van der Waals surface area contributed by atoms with E-state index in [9.17, 15) is 0 Å². The molecule has 12 aromatic rings. The number of hydrogen-bond acceptors (Lipinski definition) is 2. The lowest BCUT2D eigenvalue weighted by molar-refractivity contribution is 0.647. The van der Waals surface area contributed by atoms with Gasteiger partial charge in [0.2, 0.25) is 0 Å². The van der Waals surface area contributed by atoms with E-state index in [0.717, 1.165) is 40.7 Å². The third kappa shape index (κ3) is 5.61. The molecule has 72 heavy (non-hydrogen) atoms. The van der Waals surface area contributed by atoms with Crippen LogP contribution in [0.1, 0.15) is 104 Å². The molecule has 0 amide bonds. The van der Waals surface area contributed by atoms with Gasteiger partial charge in [0.05, 0.1) is 0 Å². The van der Waals surface area contributed by atoms with Crippen LogP contribution < -0.4 is 0 Å². The number of rotatable bonds is 6. The average Bonchev–Trinajstić information content (AvgIpc) is 4.15. The van der Waals surface area contributed by atoms with Gasteiger partial charge in [0.25, 0.3) is 0 Å². The number of fused-ring (bicyclic) bond motifs is 18. The van der Waals surface area contributed by atoms with Crippen molar-refractivity contribution in [3.05, 3.63) is 238 Å². The standard InChI is InChI=1S/C70H54O2/c1-68(2)54-33-34-62-65(49-22-12-14-25-60(49)71-62)64(54)53-39-57-51(37-58(53)68)47-32-29-43(36-56(47)69(57,3)4)44(41-17-8-7-9-18-41)30-27-40-28-31-48-55(35-40)70(5,6)59-38-52(46-24-16-20-42-19-10-11-21-45(42)46)67-66(63(48)59)50-23-13-15-26-61(50)72-67/h7-26,28-29,31-39,44H,27,30H2,1-6H3. The molecule has 0 aliphatic heterocycles. The summed E-state index contributed by atoms with van der Waals surface area (Å²) >= 11 is 0. The normalized spacial score (nSPS) is 15.8. The van der Waals surface area contributed by atoms with Gasteiger partial charge in [-0.15, -0.1) is 0 Å². The summed E-state index contributed by atoms with van der Waals surface area (Å²) in [5.41, 5.74) is 26.2. The Labute approximate surface area is 420 Å². The van der Waals surface area contributed by atoms with E-state index in [0.29, 0.717) is 0 Å². The molecular formula is C70H54O2. The van der Waals surface area contributed by atoms with Crippen LogP contribution in [0.5, 0.6) is 0 Å². The fourth-order valence-electron chi connectivity index (χ4n) is 14.0. The third-order valence-electron chi connectivity index (χ3n) is 17.8. The zero-order valence-electron chi connectivity index (χ0n) is 41.7. The molecule has 0 spiro atoms. The van der Waals surface area contributed by atoms with E-state index < -0.39 is 0 Å². The van der Waals surface area contributed by atoms with Gasteiger partial charge in [-0.3, -0.25) is 0 Å². The second-order valence-electron chi connectivity index (χ2n) is 22.6. The summed E-state index contributed by atoms with van der Waals surface area (Å²) in [5, 5.41) is 7.30. The van der Waals surface area contributed by atoms with Crippen LogP contribution in [-0.2, 0) is 22.7 Å². The predicted molar refractivity (Wildman–Crippen MR) is 300 cm³/mol. The molecule has 2 nitrogen and oxygen atoms in total. The first-order chi connectivity index (χ1) is 35.0. The fourth-order valence-corrected chi connectivity index (χ4v) is 14.0. The number of para-hydroxylation sites is 2. The number of furan rings is 2. The highest BCUT2D eigenvalue weighted by atomic mass is 16.3. The maximum atomic E-state index is 6.89. The minimum Gasteiger partial charge on any atom is -0.456 e. The van der Waals surface area contributed by atoms with Gasteiger partial charge in [-0.05, 0) is 149 Å². The van der Waals surface area contributed by atoms with Gasteiger partial charge in [-0.1, -0.05) is 193 Å². The van der Waals surface area contributed by atoms with Crippen molar-refractivity contribution in [3.8, 4) is 44.5 Å². The van der Waals surface area contributed by atoms with E-state index in [1.165, 1.54) is 121 Å². The highest BCUT2D eigenvalue weighted by Gasteiger charge is 2.44. The Morgan fingerprint density at radius 1 is 0.361 bits per heavy atom. The Balaban J connectivity index is 0.805. The van der Waals surface area contributed by atoms with Crippen molar-refractivity contribution in [1.82, 2.24) is 0 Å². The van der Waals surface area contributed by atoms with E-state index in [1.807, 2.05) is 0 Å². The second kappa shape index (κ2) is 14.6. The molecule has 3 aliphatic rings. The lowest BCUT2D eigenvalue weighted by Crippen LogP contribution is -2.17. The summed E-state index contributed by atoms with van der Waals surface area (Å²) in [6, 6.07) is 70.5. The molecule has 0 bridgehead atoms. The zero-order chi connectivity index (χ0) is 48.4. The molecule has 15 rings (SSSR count). The van der Waals surface area contributed by atoms with Crippen LogP contribution in [0.3, 0.4) is 0 Å². The topological polar surface area (TPSA) is 26.3 Å². The van der Waals surface area contributed by atoms with Gasteiger partial charge < -0.3 is 8.83 Å². The molecule has 2 heterocycles. The van der Waals surface area contributed by atoms with Crippen LogP contribution in [0.2, 0.25) is 0 Å². The van der Waals surface area contributed by atoms with Crippen molar-refractivity contribution >= 4 is 54.6 Å². The van der Waals surface area contributed by atoms with Gasteiger partial charge in [0, 0.05) is 49.3 Å². The Morgan fingerprint density at radius 3 is 1.78 bits per heavy atom. The summed E-state index contributed by atoms with van der Waals surface area (Å²) in [6.07, 6.45) is 1.96. The molecule has 10 aromatic carbocycles. The van der Waals surface area contributed by atoms with Gasteiger partial charge in [-0.2, -0.15) is 0 Å². The largest absolute Gasteiger partial charge is 0.456 e. The molecule has 3 aliphatic carbocycles. The molecule has 1 unspecified atom stereocenters. The Morgan fingerprint density at radius 2 is 0.958 bits per heavy atom. The van der Waals surface area contributed by atoms with E-state index in [-0.39, 0.29) is 22.2 Å². The lowest BCUT2D eigenvalue weighted by Gasteiger charge is -2.25. The highest BCUT2D eigenvalue weighted by molar-refractivity contribution is 6.20. The first-order valence-electron chi connectivity index (χ1n) is 25.9. The average molecular weight is 927 g/mol. The van der Waals surface area contributed by atoms with Gasteiger partial charge >= 0.3 is 0 Å². The van der Waals surface area contributed by atoms with Crippen LogP contribution in [0.15, 0.2) is 197 Å². The van der Waals surface area contributed by atoms with Crippen molar-refractivity contribution in [2.24, 2.45) is 0 Å². The molecule has 0 radical (unpaired) electrons. The molecule has 0 fully saturated rings. The summed E-state index contributed by atoms with van der Waals surface area (Å²) in [7, 11) is 0. The predicted octanol–water partition coefficient (Wildman–Crippen LogP) is 19.0.